The molecule has 22 heavy (non-hydrogen) atoms. The van der Waals surface area contributed by atoms with Gasteiger partial charge in [-0.2, -0.15) is 0 Å². The first-order valence-electron chi connectivity index (χ1n) is 7.64. The third-order valence-corrected chi connectivity index (χ3v) is 5.64. The molecule has 0 bridgehead atoms. The lowest BCUT2D eigenvalue weighted by molar-refractivity contribution is 0.599. The van der Waals surface area contributed by atoms with Crippen LogP contribution in [0.2, 0.25) is 0 Å². The maximum absolute atomic E-state index is 11.9. The molecular weight excluding hydrogens is 298 g/mol. The van der Waals surface area contributed by atoms with Crippen LogP contribution in [0.3, 0.4) is 0 Å². The number of hydrogen-bond donors (Lipinski definition) is 2. The first kappa shape index (κ1) is 15.1. The summed E-state index contributed by atoms with van der Waals surface area (Å²) in [5.41, 5.74) is 5.17. The molecule has 1 atom stereocenters. The highest BCUT2D eigenvalue weighted by atomic mass is 32.2. The SMILES string of the molecule is CCS(=O)(=O)Nc1cccc2c1CCCC2c1nc[nH]c1C. The number of nitrogens with one attached hydrogen (secondary N) is 2. The molecule has 0 aliphatic heterocycles. The van der Waals surface area contributed by atoms with Crippen molar-refractivity contribution in [1.82, 2.24) is 9.97 Å². The van der Waals surface area contributed by atoms with Crippen molar-refractivity contribution in [2.24, 2.45) is 0 Å². The molecule has 1 unspecified atom stereocenters. The smallest absolute Gasteiger partial charge is 0.232 e. The van der Waals surface area contributed by atoms with Crippen LogP contribution in [0.15, 0.2) is 24.5 Å². The van der Waals surface area contributed by atoms with Gasteiger partial charge >= 0.3 is 0 Å². The summed E-state index contributed by atoms with van der Waals surface area (Å²) in [5, 5.41) is 0. The second-order valence-electron chi connectivity index (χ2n) is 5.74. The normalized spacial score (nSPS) is 18.0. The number of anilines is 1. The number of nitrogens with zero attached hydrogens (tertiary/aromatic N) is 1. The summed E-state index contributed by atoms with van der Waals surface area (Å²) < 4.78 is 26.5. The minimum Gasteiger partial charge on any atom is -0.348 e. The largest absolute Gasteiger partial charge is 0.348 e. The van der Waals surface area contributed by atoms with Crippen molar-refractivity contribution in [2.75, 3.05) is 10.5 Å². The minimum atomic E-state index is -3.26. The number of aromatic nitrogens is 2. The van der Waals surface area contributed by atoms with Crippen LogP contribution in [-0.4, -0.2) is 24.1 Å². The Morgan fingerprint density at radius 3 is 2.91 bits per heavy atom. The quantitative estimate of drug-likeness (QED) is 0.910. The fourth-order valence-electron chi connectivity index (χ4n) is 3.19. The van der Waals surface area contributed by atoms with Crippen LogP contribution in [0, 0.1) is 6.92 Å². The van der Waals surface area contributed by atoms with Crippen LogP contribution in [0.25, 0.3) is 0 Å². The van der Waals surface area contributed by atoms with Crippen molar-refractivity contribution in [3.05, 3.63) is 47.0 Å². The molecule has 0 spiro atoms. The maximum Gasteiger partial charge on any atom is 0.232 e. The Bertz CT molecular complexity index is 780. The standard InChI is InChI=1S/C16H21N3O2S/c1-3-22(20,21)19-15-9-5-6-12-13(15)7-4-8-14(12)16-11(2)17-10-18-16/h5-6,9-10,14,19H,3-4,7-8H2,1-2H3,(H,17,18). The maximum atomic E-state index is 11.9. The van der Waals surface area contributed by atoms with Crippen molar-refractivity contribution in [3.63, 3.8) is 0 Å². The molecule has 2 N–H and O–H groups in total. The molecule has 1 aromatic heterocycles. The van der Waals surface area contributed by atoms with Crippen LogP contribution in [0.5, 0.6) is 0 Å². The van der Waals surface area contributed by atoms with E-state index >= 15 is 0 Å². The molecule has 3 rings (SSSR count). The summed E-state index contributed by atoms with van der Waals surface area (Å²) in [5.74, 6) is 0.319. The zero-order chi connectivity index (χ0) is 15.7. The Labute approximate surface area is 131 Å². The van der Waals surface area contributed by atoms with Gasteiger partial charge in [-0.05, 0) is 50.3 Å². The summed E-state index contributed by atoms with van der Waals surface area (Å²) in [7, 11) is -3.26. The summed E-state index contributed by atoms with van der Waals surface area (Å²) >= 11 is 0. The van der Waals surface area contributed by atoms with Crippen LogP contribution >= 0.6 is 0 Å². The third-order valence-electron chi connectivity index (χ3n) is 4.35. The van der Waals surface area contributed by atoms with E-state index in [9.17, 15) is 8.42 Å². The van der Waals surface area contributed by atoms with E-state index in [1.807, 2.05) is 19.1 Å². The molecule has 1 heterocycles. The van der Waals surface area contributed by atoms with Crippen LogP contribution in [0.1, 0.15) is 48.2 Å². The molecule has 1 aromatic carbocycles. The number of aryl methyl sites for hydroxylation is 1. The number of sulfonamides is 1. The van der Waals surface area contributed by atoms with Crippen molar-refractivity contribution in [3.8, 4) is 0 Å². The Morgan fingerprint density at radius 2 is 2.23 bits per heavy atom. The molecule has 1 aliphatic carbocycles. The number of rotatable bonds is 4. The highest BCUT2D eigenvalue weighted by Crippen LogP contribution is 2.39. The van der Waals surface area contributed by atoms with Gasteiger partial charge in [0.25, 0.3) is 0 Å². The molecule has 2 aromatic rings. The highest BCUT2D eigenvalue weighted by Gasteiger charge is 2.26. The van der Waals surface area contributed by atoms with Gasteiger partial charge in [0.05, 0.1) is 23.5 Å². The van der Waals surface area contributed by atoms with E-state index in [0.717, 1.165) is 41.9 Å². The summed E-state index contributed by atoms with van der Waals surface area (Å²) in [6.45, 7) is 3.67. The number of fused-ring (bicyclic) bond motifs is 1. The number of H-pyrrole nitrogens is 1. The number of aromatic amines is 1. The number of hydrogen-bond acceptors (Lipinski definition) is 3. The lowest BCUT2D eigenvalue weighted by Gasteiger charge is -2.27. The molecule has 6 heteroatoms. The van der Waals surface area contributed by atoms with E-state index in [4.69, 9.17) is 0 Å². The Balaban J connectivity index is 2.04. The van der Waals surface area contributed by atoms with Gasteiger partial charge < -0.3 is 4.98 Å². The summed E-state index contributed by atoms with van der Waals surface area (Å²) in [6, 6.07) is 5.87. The van der Waals surface area contributed by atoms with E-state index in [-0.39, 0.29) is 11.7 Å². The number of imidazole rings is 1. The van der Waals surface area contributed by atoms with Crippen LogP contribution < -0.4 is 4.72 Å². The zero-order valence-electron chi connectivity index (χ0n) is 12.9. The van der Waals surface area contributed by atoms with Crippen molar-refractivity contribution >= 4 is 15.7 Å². The molecule has 118 valence electrons. The summed E-state index contributed by atoms with van der Waals surface area (Å²) in [4.78, 5) is 7.60. The highest BCUT2D eigenvalue weighted by molar-refractivity contribution is 7.92. The Morgan fingerprint density at radius 1 is 1.41 bits per heavy atom. The lowest BCUT2D eigenvalue weighted by atomic mass is 9.80. The first-order chi connectivity index (χ1) is 10.5. The van der Waals surface area contributed by atoms with Crippen molar-refractivity contribution < 1.29 is 8.42 Å². The van der Waals surface area contributed by atoms with E-state index in [2.05, 4.69) is 20.8 Å². The van der Waals surface area contributed by atoms with Crippen LogP contribution in [0.4, 0.5) is 5.69 Å². The predicted molar refractivity (Wildman–Crippen MR) is 87.6 cm³/mol. The molecule has 0 amide bonds. The molecule has 0 saturated heterocycles. The van der Waals surface area contributed by atoms with Crippen molar-refractivity contribution in [2.45, 2.75) is 39.0 Å². The van der Waals surface area contributed by atoms with E-state index < -0.39 is 10.0 Å². The van der Waals surface area contributed by atoms with E-state index in [0.29, 0.717) is 0 Å². The average Bonchev–Trinajstić information content (AvgIpc) is 2.93. The van der Waals surface area contributed by atoms with E-state index in [1.165, 1.54) is 5.56 Å². The fraction of sp³-hybridized carbons (Fsp3) is 0.438. The van der Waals surface area contributed by atoms with Gasteiger partial charge in [0.1, 0.15) is 0 Å². The van der Waals surface area contributed by atoms with E-state index in [1.54, 1.807) is 13.3 Å². The summed E-state index contributed by atoms with van der Waals surface area (Å²) in [6.07, 6.45) is 4.71. The molecule has 0 radical (unpaired) electrons. The molecular formula is C16H21N3O2S. The Hall–Kier alpha value is -1.82. The molecule has 0 saturated carbocycles. The van der Waals surface area contributed by atoms with Gasteiger partial charge in [-0.25, -0.2) is 13.4 Å². The molecule has 1 aliphatic rings. The van der Waals surface area contributed by atoms with Gasteiger partial charge in [0.2, 0.25) is 10.0 Å². The third kappa shape index (κ3) is 2.75. The predicted octanol–water partition coefficient (Wildman–Crippen LogP) is 2.95. The van der Waals surface area contributed by atoms with Crippen LogP contribution in [-0.2, 0) is 16.4 Å². The lowest BCUT2D eigenvalue weighted by Crippen LogP contribution is -2.19. The second kappa shape index (κ2) is 5.76. The van der Waals surface area contributed by atoms with Crippen molar-refractivity contribution in [1.29, 1.82) is 0 Å². The van der Waals surface area contributed by atoms with Gasteiger partial charge in [0, 0.05) is 11.6 Å². The van der Waals surface area contributed by atoms with Gasteiger partial charge in [-0.3, -0.25) is 4.72 Å². The topological polar surface area (TPSA) is 74.8 Å². The fourth-order valence-corrected chi connectivity index (χ4v) is 3.86. The first-order valence-corrected chi connectivity index (χ1v) is 9.29. The average molecular weight is 319 g/mol. The molecule has 0 fully saturated rings. The van der Waals surface area contributed by atoms with Gasteiger partial charge in [0.15, 0.2) is 0 Å². The minimum absolute atomic E-state index is 0.0819. The Kier molecular flexibility index (Phi) is 3.95. The number of benzene rings is 1. The van der Waals surface area contributed by atoms with Gasteiger partial charge in [-0.1, -0.05) is 12.1 Å². The zero-order valence-corrected chi connectivity index (χ0v) is 13.7. The molecule has 5 nitrogen and oxygen atoms in total. The monoisotopic (exact) mass is 319 g/mol. The second-order valence-corrected chi connectivity index (χ2v) is 7.75. The van der Waals surface area contributed by atoms with Gasteiger partial charge in [-0.15, -0.1) is 0 Å².